The molecule has 0 atom stereocenters. The Labute approximate surface area is 145 Å². The second-order valence-corrected chi connectivity index (χ2v) is 7.87. The standard InChI is InChI=1S/C18H24S2.C2H6/c1-4-19-12-15-5-7-18-10-16(6-8-17(18)9-15)13-20-11-14(2)3;1-2/h5-10,14H,4,11-13H2,1-3H3;1-2H3. The van der Waals surface area contributed by atoms with E-state index in [9.17, 15) is 0 Å². The molecule has 2 aromatic rings. The molecule has 0 bridgehead atoms. The van der Waals surface area contributed by atoms with E-state index in [1.54, 1.807) is 0 Å². The van der Waals surface area contributed by atoms with E-state index in [-0.39, 0.29) is 0 Å². The molecule has 122 valence electrons. The Bertz CT molecular complexity index is 546. The van der Waals surface area contributed by atoms with Crippen molar-refractivity contribution in [1.82, 2.24) is 0 Å². The monoisotopic (exact) mass is 334 g/mol. The normalized spacial score (nSPS) is 10.6. The molecule has 0 aliphatic rings. The van der Waals surface area contributed by atoms with Crippen LogP contribution in [0.25, 0.3) is 10.8 Å². The SMILES string of the molecule is CC.CCSCc1ccc2cc(CSCC(C)C)ccc2c1. The Morgan fingerprint density at radius 1 is 0.818 bits per heavy atom. The van der Waals surface area contributed by atoms with Gasteiger partial charge in [-0.2, -0.15) is 23.5 Å². The van der Waals surface area contributed by atoms with E-state index < -0.39 is 0 Å². The van der Waals surface area contributed by atoms with E-state index in [1.807, 2.05) is 37.4 Å². The summed E-state index contributed by atoms with van der Waals surface area (Å²) in [5.74, 6) is 5.45. The van der Waals surface area contributed by atoms with E-state index in [0.717, 1.165) is 17.4 Å². The summed E-state index contributed by atoms with van der Waals surface area (Å²) in [7, 11) is 0. The van der Waals surface area contributed by atoms with Crippen LogP contribution in [0.5, 0.6) is 0 Å². The highest BCUT2D eigenvalue weighted by molar-refractivity contribution is 7.98. The number of hydrogen-bond acceptors (Lipinski definition) is 2. The van der Waals surface area contributed by atoms with Gasteiger partial charge in [0, 0.05) is 11.5 Å². The van der Waals surface area contributed by atoms with Crippen molar-refractivity contribution in [3.8, 4) is 0 Å². The van der Waals surface area contributed by atoms with Crippen LogP contribution in [0.15, 0.2) is 36.4 Å². The molecule has 0 aliphatic heterocycles. The van der Waals surface area contributed by atoms with Gasteiger partial charge >= 0.3 is 0 Å². The number of fused-ring (bicyclic) bond motifs is 1. The van der Waals surface area contributed by atoms with Crippen molar-refractivity contribution in [3.63, 3.8) is 0 Å². The summed E-state index contributed by atoms with van der Waals surface area (Å²) in [5.41, 5.74) is 2.88. The molecule has 0 saturated heterocycles. The molecule has 2 heteroatoms. The lowest BCUT2D eigenvalue weighted by Gasteiger charge is -2.07. The molecule has 0 N–H and O–H groups in total. The highest BCUT2D eigenvalue weighted by Crippen LogP contribution is 2.23. The van der Waals surface area contributed by atoms with E-state index in [0.29, 0.717) is 0 Å². The summed E-state index contributed by atoms with van der Waals surface area (Å²) in [6.45, 7) is 10.8. The van der Waals surface area contributed by atoms with Crippen LogP contribution in [0.4, 0.5) is 0 Å². The first-order chi connectivity index (χ1) is 10.7. The van der Waals surface area contributed by atoms with Crippen LogP contribution in [-0.2, 0) is 11.5 Å². The van der Waals surface area contributed by atoms with Gasteiger partial charge in [-0.25, -0.2) is 0 Å². The third-order valence-electron chi connectivity index (χ3n) is 3.16. The second kappa shape index (κ2) is 11.0. The van der Waals surface area contributed by atoms with Gasteiger partial charge in [0.15, 0.2) is 0 Å². The van der Waals surface area contributed by atoms with E-state index in [2.05, 4.69) is 57.2 Å². The highest BCUT2D eigenvalue weighted by Gasteiger charge is 2.01. The average Bonchev–Trinajstić information content (AvgIpc) is 2.54. The first-order valence-electron chi connectivity index (χ1n) is 8.36. The van der Waals surface area contributed by atoms with Crippen LogP contribution in [0, 0.1) is 5.92 Å². The summed E-state index contributed by atoms with van der Waals surface area (Å²) in [5, 5.41) is 2.75. The van der Waals surface area contributed by atoms with Gasteiger partial charge in [0.1, 0.15) is 0 Å². The van der Waals surface area contributed by atoms with Gasteiger partial charge < -0.3 is 0 Å². The van der Waals surface area contributed by atoms with Crippen molar-refractivity contribution >= 4 is 34.3 Å². The Balaban J connectivity index is 0.00000116. The summed E-state index contributed by atoms with van der Waals surface area (Å²) in [6.07, 6.45) is 0. The molecule has 2 rings (SSSR count). The lowest BCUT2D eigenvalue weighted by molar-refractivity contribution is 0.750. The fourth-order valence-corrected chi connectivity index (χ4v) is 3.78. The van der Waals surface area contributed by atoms with Gasteiger partial charge in [-0.15, -0.1) is 0 Å². The van der Waals surface area contributed by atoms with Crippen LogP contribution in [-0.4, -0.2) is 11.5 Å². The molecule has 22 heavy (non-hydrogen) atoms. The first-order valence-corrected chi connectivity index (χ1v) is 10.7. The van der Waals surface area contributed by atoms with Gasteiger partial charge in [-0.05, 0) is 39.3 Å². The van der Waals surface area contributed by atoms with Crippen molar-refractivity contribution in [2.45, 2.75) is 46.1 Å². The molecule has 0 amide bonds. The number of hydrogen-bond donors (Lipinski definition) is 0. The number of rotatable bonds is 7. The van der Waals surface area contributed by atoms with Crippen LogP contribution in [0.2, 0.25) is 0 Å². The van der Waals surface area contributed by atoms with Gasteiger partial charge in [-0.3, -0.25) is 0 Å². The zero-order valence-electron chi connectivity index (χ0n) is 14.7. The van der Waals surface area contributed by atoms with Crippen LogP contribution in [0.1, 0.15) is 45.7 Å². The van der Waals surface area contributed by atoms with Crippen molar-refractivity contribution in [2.75, 3.05) is 11.5 Å². The third kappa shape index (κ3) is 6.66. The predicted octanol–water partition coefficient (Wildman–Crippen LogP) is 7.01. The maximum Gasteiger partial charge on any atom is 0.0184 e. The number of benzene rings is 2. The molecule has 0 saturated carbocycles. The minimum Gasteiger partial charge on any atom is -0.157 e. The summed E-state index contributed by atoms with van der Waals surface area (Å²) in [4.78, 5) is 0. The molecule has 0 nitrogen and oxygen atoms in total. The summed E-state index contributed by atoms with van der Waals surface area (Å²) < 4.78 is 0. The number of thioether (sulfide) groups is 2. The second-order valence-electron chi connectivity index (χ2n) is 5.56. The average molecular weight is 335 g/mol. The Morgan fingerprint density at radius 3 is 1.77 bits per heavy atom. The Morgan fingerprint density at radius 2 is 1.32 bits per heavy atom. The third-order valence-corrected chi connectivity index (χ3v) is 5.55. The van der Waals surface area contributed by atoms with Crippen LogP contribution < -0.4 is 0 Å². The van der Waals surface area contributed by atoms with Crippen LogP contribution >= 0.6 is 23.5 Å². The molecular formula is C20H30S2. The zero-order chi connectivity index (χ0) is 16.4. The van der Waals surface area contributed by atoms with E-state index in [1.165, 1.54) is 33.4 Å². The predicted molar refractivity (Wildman–Crippen MR) is 108 cm³/mol. The molecule has 0 spiro atoms. The maximum atomic E-state index is 2.35. The quantitative estimate of drug-likeness (QED) is 0.534. The molecular weight excluding hydrogens is 304 g/mol. The summed E-state index contributed by atoms with van der Waals surface area (Å²) >= 11 is 4.02. The van der Waals surface area contributed by atoms with Gasteiger partial charge in [-0.1, -0.05) is 71.0 Å². The highest BCUT2D eigenvalue weighted by atomic mass is 32.2. The van der Waals surface area contributed by atoms with E-state index >= 15 is 0 Å². The molecule has 2 aromatic carbocycles. The topological polar surface area (TPSA) is 0 Å². The van der Waals surface area contributed by atoms with Crippen molar-refractivity contribution in [1.29, 1.82) is 0 Å². The van der Waals surface area contributed by atoms with Crippen molar-refractivity contribution < 1.29 is 0 Å². The van der Waals surface area contributed by atoms with Gasteiger partial charge in [0.05, 0.1) is 0 Å². The lowest BCUT2D eigenvalue weighted by Crippen LogP contribution is -1.91. The Kier molecular flexibility index (Phi) is 9.74. The van der Waals surface area contributed by atoms with Crippen LogP contribution in [0.3, 0.4) is 0 Å². The van der Waals surface area contributed by atoms with E-state index in [4.69, 9.17) is 0 Å². The molecule has 0 fully saturated rings. The fourth-order valence-electron chi connectivity index (χ4n) is 2.16. The molecule has 0 heterocycles. The summed E-state index contributed by atoms with van der Waals surface area (Å²) in [6, 6.07) is 13.8. The molecule has 0 aromatic heterocycles. The lowest BCUT2D eigenvalue weighted by atomic mass is 10.1. The van der Waals surface area contributed by atoms with Gasteiger partial charge in [0.25, 0.3) is 0 Å². The maximum absolute atomic E-state index is 2.35. The molecule has 0 unspecified atom stereocenters. The van der Waals surface area contributed by atoms with Gasteiger partial charge in [0.2, 0.25) is 0 Å². The van der Waals surface area contributed by atoms with Crippen molar-refractivity contribution in [2.24, 2.45) is 5.92 Å². The minimum absolute atomic E-state index is 0.777. The Hall–Kier alpha value is -0.600. The minimum atomic E-state index is 0.777. The fraction of sp³-hybridized carbons (Fsp3) is 0.500. The molecule has 0 aliphatic carbocycles. The zero-order valence-corrected chi connectivity index (χ0v) is 16.3. The molecule has 0 radical (unpaired) electrons. The largest absolute Gasteiger partial charge is 0.157 e. The smallest absolute Gasteiger partial charge is 0.0184 e. The van der Waals surface area contributed by atoms with Crippen molar-refractivity contribution in [3.05, 3.63) is 47.5 Å². The first kappa shape index (κ1) is 19.4.